The van der Waals surface area contributed by atoms with Crippen LogP contribution in [0.1, 0.15) is 41.0 Å². The number of rotatable bonds is 9. The molecule has 0 bridgehead atoms. The van der Waals surface area contributed by atoms with E-state index in [2.05, 4.69) is 19.1 Å². The van der Waals surface area contributed by atoms with Gasteiger partial charge in [-0.15, -0.1) is 0 Å². The smallest absolute Gasteiger partial charge is 0.294 e. The highest BCUT2D eigenvalue weighted by molar-refractivity contribution is 7.85. The third kappa shape index (κ3) is 5.66. The lowest BCUT2D eigenvalue weighted by Crippen LogP contribution is -2.07. The van der Waals surface area contributed by atoms with Crippen molar-refractivity contribution >= 4 is 10.1 Å². The zero-order valence-corrected chi connectivity index (χ0v) is 18.9. The predicted octanol–water partition coefficient (Wildman–Crippen LogP) is 5.41. The summed E-state index contributed by atoms with van der Waals surface area (Å²) in [7, 11) is -0.807. The second-order valence-electron chi connectivity index (χ2n) is 7.55. The van der Waals surface area contributed by atoms with Crippen molar-refractivity contribution in [1.82, 2.24) is 0 Å². The van der Waals surface area contributed by atoms with Gasteiger partial charge in [-0.1, -0.05) is 48.0 Å². The maximum absolute atomic E-state index is 11.2. The third-order valence-corrected chi connectivity index (χ3v) is 6.32. The van der Waals surface area contributed by atoms with Crippen molar-refractivity contribution in [1.29, 1.82) is 0 Å². The maximum atomic E-state index is 11.2. The van der Waals surface area contributed by atoms with Crippen LogP contribution in [0.4, 0.5) is 0 Å². The second kappa shape index (κ2) is 9.98. The molecule has 0 spiro atoms. The van der Waals surface area contributed by atoms with Gasteiger partial charge in [-0.2, -0.15) is 8.42 Å². The van der Waals surface area contributed by atoms with Crippen LogP contribution in [-0.2, 0) is 16.5 Å². The van der Waals surface area contributed by atoms with Crippen LogP contribution in [0.5, 0.6) is 11.5 Å². The maximum Gasteiger partial charge on any atom is 0.294 e. The van der Waals surface area contributed by atoms with Crippen LogP contribution in [-0.4, -0.2) is 27.2 Å². The average molecular weight is 441 g/mol. The van der Waals surface area contributed by atoms with Gasteiger partial charge in [0.25, 0.3) is 10.1 Å². The Bertz CT molecular complexity index is 1120. The summed E-state index contributed by atoms with van der Waals surface area (Å²) in [5.74, 6) is 1.77. The van der Waals surface area contributed by atoms with Gasteiger partial charge in [0.05, 0.1) is 19.1 Å². The molecular weight excluding hydrogens is 412 g/mol. The number of aryl methyl sites for hydroxylation is 2. The molecule has 0 amide bonds. The highest BCUT2D eigenvalue weighted by Gasteiger charge is 2.21. The Morgan fingerprint density at radius 1 is 0.871 bits per heavy atom. The quantitative estimate of drug-likeness (QED) is 0.450. The summed E-state index contributed by atoms with van der Waals surface area (Å²) in [6.07, 6.45) is 2.52. The second-order valence-corrected chi connectivity index (χ2v) is 8.97. The van der Waals surface area contributed by atoms with Crippen molar-refractivity contribution in [2.75, 3.05) is 14.2 Å². The van der Waals surface area contributed by atoms with Crippen LogP contribution in [0.25, 0.3) is 0 Å². The van der Waals surface area contributed by atoms with Gasteiger partial charge in [0.15, 0.2) is 0 Å². The number of ether oxygens (including phenoxy) is 2. The monoisotopic (exact) mass is 440 g/mol. The van der Waals surface area contributed by atoms with E-state index in [0.717, 1.165) is 53.0 Å². The fraction of sp³-hybridized carbons (Fsp3) is 0.280. The SMILES string of the molecule is COc1ccccc1C(CCCc1ccc(S(=O)(=O)O)cc1)c1cc(C)ccc1OC. The molecule has 3 rings (SSSR count). The summed E-state index contributed by atoms with van der Waals surface area (Å²) in [5.41, 5.74) is 4.41. The molecule has 0 fully saturated rings. The summed E-state index contributed by atoms with van der Waals surface area (Å²) in [4.78, 5) is -0.0901. The van der Waals surface area contributed by atoms with Crippen molar-refractivity contribution in [3.8, 4) is 11.5 Å². The zero-order valence-electron chi connectivity index (χ0n) is 18.0. The molecule has 3 aromatic rings. The molecule has 3 aromatic carbocycles. The highest BCUT2D eigenvalue weighted by Crippen LogP contribution is 2.40. The number of para-hydroxylation sites is 1. The van der Waals surface area contributed by atoms with Gasteiger partial charge in [0.1, 0.15) is 11.5 Å². The van der Waals surface area contributed by atoms with Crippen LogP contribution in [0, 0.1) is 6.92 Å². The molecule has 0 saturated heterocycles. The lowest BCUT2D eigenvalue weighted by Gasteiger charge is -2.23. The fourth-order valence-electron chi connectivity index (χ4n) is 3.90. The first-order chi connectivity index (χ1) is 14.8. The lowest BCUT2D eigenvalue weighted by atomic mass is 9.84. The molecule has 1 N–H and O–H groups in total. The van der Waals surface area contributed by atoms with Crippen molar-refractivity contribution in [2.45, 2.75) is 37.0 Å². The standard InChI is InChI=1S/C25H28O5S/c1-18-11-16-25(30-3)23(17-18)21(22-8-4-5-10-24(22)29-2)9-6-7-19-12-14-20(15-13-19)31(26,27)28/h4-5,8,10-17,21H,6-7,9H2,1-3H3,(H,26,27,28). The minimum atomic E-state index is -4.17. The molecule has 0 aliphatic rings. The minimum absolute atomic E-state index is 0.0862. The topological polar surface area (TPSA) is 72.8 Å². The van der Waals surface area contributed by atoms with Gasteiger partial charge < -0.3 is 9.47 Å². The van der Waals surface area contributed by atoms with Crippen LogP contribution in [0.3, 0.4) is 0 Å². The molecule has 0 aromatic heterocycles. The van der Waals surface area contributed by atoms with Crippen LogP contribution >= 0.6 is 0 Å². The number of methoxy groups -OCH3 is 2. The Balaban J connectivity index is 1.87. The van der Waals surface area contributed by atoms with E-state index in [9.17, 15) is 8.42 Å². The van der Waals surface area contributed by atoms with E-state index in [0.29, 0.717) is 0 Å². The molecular formula is C25H28O5S. The van der Waals surface area contributed by atoms with E-state index >= 15 is 0 Å². The summed E-state index contributed by atoms with van der Waals surface area (Å²) >= 11 is 0. The van der Waals surface area contributed by atoms with Crippen LogP contribution in [0.2, 0.25) is 0 Å². The highest BCUT2D eigenvalue weighted by atomic mass is 32.2. The van der Waals surface area contributed by atoms with E-state index in [-0.39, 0.29) is 10.8 Å². The molecule has 6 heteroatoms. The Morgan fingerprint density at radius 2 is 1.52 bits per heavy atom. The average Bonchev–Trinajstić information content (AvgIpc) is 2.76. The normalized spacial score (nSPS) is 12.4. The van der Waals surface area contributed by atoms with E-state index in [1.807, 2.05) is 30.3 Å². The number of hydrogen-bond donors (Lipinski definition) is 1. The lowest BCUT2D eigenvalue weighted by molar-refractivity contribution is 0.397. The molecule has 0 aliphatic heterocycles. The summed E-state index contributed by atoms with van der Waals surface area (Å²) in [6.45, 7) is 2.07. The fourth-order valence-corrected chi connectivity index (χ4v) is 4.38. The van der Waals surface area contributed by atoms with Crippen LogP contribution in [0.15, 0.2) is 71.6 Å². The summed E-state index contributed by atoms with van der Waals surface area (Å²) in [6, 6.07) is 20.6. The van der Waals surface area contributed by atoms with Crippen molar-refractivity contribution in [3.05, 3.63) is 89.0 Å². The molecule has 0 saturated carbocycles. The molecule has 5 nitrogen and oxygen atoms in total. The van der Waals surface area contributed by atoms with Crippen molar-refractivity contribution in [3.63, 3.8) is 0 Å². The van der Waals surface area contributed by atoms with Crippen molar-refractivity contribution in [2.24, 2.45) is 0 Å². The Morgan fingerprint density at radius 3 is 2.16 bits per heavy atom. The molecule has 0 heterocycles. The van der Waals surface area contributed by atoms with E-state index in [4.69, 9.17) is 14.0 Å². The predicted molar refractivity (Wildman–Crippen MR) is 122 cm³/mol. The van der Waals surface area contributed by atoms with Gasteiger partial charge >= 0.3 is 0 Å². The first kappa shape index (κ1) is 22.8. The van der Waals surface area contributed by atoms with Gasteiger partial charge in [0, 0.05) is 17.0 Å². The van der Waals surface area contributed by atoms with E-state index < -0.39 is 10.1 Å². The van der Waals surface area contributed by atoms with Gasteiger partial charge in [-0.25, -0.2) is 0 Å². The van der Waals surface area contributed by atoms with E-state index in [1.54, 1.807) is 26.4 Å². The molecule has 31 heavy (non-hydrogen) atoms. The summed E-state index contributed by atoms with van der Waals surface area (Å²) in [5, 5.41) is 0. The third-order valence-electron chi connectivity index (χ3n) is 5.45. The van der Waals surface area contributed by atoms with Gasteiger partial charge in [-0.3, -0.25) is 4.55 Å². The van der Waals surface area contributed by atoms with E-state index in [1.165, 1.54) is 12.1 Å². The molecule has 0 aliphatic carbocycles. The Kier molecular flexibility index (Phi) is 7.36. The van der Waals surface area contributed by atoms with Gasteiger partial charge in [-0.05, 0) is 56.0 Å². The van der Waals surface area contributed by atoms with Crippen LogP contribution < -0.4 is 9.47 Å². The van der Waals surface area contributed by atoms with Gasteiger partial charge in [0.2, 0.25) is 0 Å². The number of hydrogen-bond acceptors (Lipinski definition) is 4. The molecule has 164 valence electrons. The summed E-state index contributed by atoms with van der Waals surface area (Å²) < 4.78 is 42.9. The molecule has 1 atom stereocenters. The number of benzene rings is 3. The molecule has 0 radical (unpaired) electrons. The Hall–Kier alpha value is -2.83. The van der Waals surface area contributed by atoms with Crippen molar-refractivity contribution < 1.29 is 22.4 Å². The Labute approximate surface area is 184 Å². The first-order valence-electron chi connectivity index (χ1n) is 10.2. The minimum Gasteiger partial charge on any atom is -0.496 e. The largest absolute Gasteiger partial charge is 0.496 e. The first-order valence-corrected chi connectivity index (χ1v) is 11.6. The zero-order chi connectivity index (χ0) is 22.4. The molecule has 1 unspecified atom stereocenters.